The summed E-state index contributed by atoms with van der Waals surface area (Å²) < 4.78 is 0. The third-order valence-electron chi connectivity index (χ3n) is 3.98. The lowest BCUT2D eigenvalue weighted by atomic mass is 9.82. The Kier molecular flexibility index (Phi) is 3.08. The van der Waals surface area contributed by atoms with Crippen molar-refractivity contribution in [1.29, 1.82) is 0 Å². The van der Waals surface area contributed by atoms with E-state index in [1.807, 2.05) is 0 Å². The SMILES string of the molecule is CCC1(CC)CNc2ccc(C)cc2NC1. The van der Waals surface area contributed by atoms with Crippen molar-refractivity contribution < 1.29 is 0 Å². The molecule has 2 rings (SSSR count). The average molecular weight is 218 g/mol. The van der Waals surface area contributed by atoms with Crippen molar-refractivity contribution in [3.05, 3.63) is 23.8 Å². The van der Waals surface area contributed by atoms with E-state index in [0.717, 1.165) is 13.1 Å². The smallest absolute Gasteiger partial charge is 0.0578 e. The maximum Gasteiger partial charge on any atom is 0.0578 e. The minimum absolute atomic E-state index is 0.396. The maximum atomic E-state index is 3.60. The molecule has 0 atom stereocenters. The molecule has 1 aromatic rings. The summed E-state index contributed by atoms with van der Waals surface area (Å²) >= 11 is 0. The van der Waals surface area contributed by atoms with Crippen LogP contribution >= 0.6 is 0 Å². The van der Waals surface area contributed by atoms with Gasteiger partial charge in [0.2, 0.25) is 0 Å². The zero-order valence-electron chi connectivity index (χ0n) is 10.6. The Morgan fingerprint density at radius 3 is 2.31 bits per heavy atom. The molecule has 1 aliphatic rings. The number of fused-ring (bicyclic) bond motifs is 1. The number of nitrogens with one attached hydrogen (secondary N) is 2. The molecule has 0 amide bonds. The molecule has 2 N–H and O–H groups in total. The van der Waals surface area contributed by atoms with E-state index < -0.39 is 0 Å². The van der Waals surface area contributed by atoms with Gasteiger partial charge in [-0.05, 0) is 37.5 Å². The van der Waals surface area contributed by atoms with Gasteiger partial charge in [-0.2, -0.15) is 0 Å². The summed E-state index contributed by atoms with van der Waals surface area (Å²) in [5, 5.41) is 7.18. The van der Waals surface area contributed by atoms with Gasteiger partial charge in [-0.1, -0.05) is 19.9 Å². The first-order chi connectivity index (χ1) is 7.69. The summed E-state index contributed by atoms with van der Waals surface area (Å²) in [6.45, 7) is 8.86. The molecule has 88 valence electrons. The molecule has 0 fully saturated rings. The van der Waals surface area contributed by atoms with Crippen molar-refractivity contribution in [1.82, 2.24) is 0 Å². The highest BCUT2D eigenvalue weighted by molar-refractivity contribution is 5.70. The first kappa shape index (κ1) is 11.3. The third kappa shape index (κ3) is 2.01. The van der Waals surface area contributed by atoms with Gasteiger partial charge >= 0.3 is 0 Å². The molecule has 0 aliphatic carbocycles. The van der Waals surface area contributed by atoms with Crippen LogP contribution in [0.4, 0.5) is 11.4 Å². The fourth-order valence-corrected chi connectivity index (χ4v) is 2.34. The molecular weight excluding hydrogens is 196 g/mol. The highest BCUT2D eigenvalue weighted by Crippen LogP contribution is 2.33. The van der Waals surface area contributed by atoms with Crippen molar-refractivity contribution in [2.24, 2.45) is 5.41 Å². The van der Waals surface area contributed by atoms with E-state index in [-0.39, 0.29) is 0 Å². The number of benzene rings is 1. The summed E-state index contributed by atoms with van der Waals surface area (Å²) in [5.74, 6) is 0. The van der Waals surface area contributed by atoms with Crippen LogP contribution in [-0.2, 0) is 0 Å². The van der Waals surface area contributed by atoms with Crippen LogP contribution < -0.4 is 10.6 Å². The van der Waals surface area contributed by atoms with Crippen LogP contribution in [0.5, 0.6) is 0 Å². The molecular formula is C14H22N2. The van der Waals surface area contributed by atoms with Crippen LogP contribution in [0.3, 0.4) is 0 Å². The molecule has 1 heterocycles. The van der Waals surface area contributed by atoms with Gasteiger partial charge in [0.15, 0.2) is 0 Å². The lowest BCUT2D eigenvalue weighted by Crippen LogP contribution is -2.33. The van der Waals surface area contributed by atoms with Crippen LogP contribution in [0.25, 0.3) is 0 Å². The number of aryl methyl sites for hydroxylation is 1. The summed E-state index contributed by atoms with van der Waals surface area (Å²) in [5.41, 5.74) is 4.21. The minimum atomic E-state index is 0.396. The Balaban J connectivity index is 2.24. The molecule has 0 saturated carbocycles. The molecule has 2 heteroatoms. The van der Waals surface area contributed by atoms with Crippen LogP contribution in [0.2, 0.25) is 0 Å². The summed E-state index contributed by atoms with van der Waals surface area (Å²) in [6, 6.07) is 6.57. The second-order valence-electron chi connectivity index (χ2n) is 4.96. The van der Waals surface area contributed by atoms with Crippen LogP contribution in [0, 0.1) is 12.3 Å². The molecule has 16 heavy (non-hydrogen) atoms. The molecule has 0 spiro atoms. The first-order valence-corrected chi connectivity index (χ1v) is 6.27. The van der Waals surface area contributed by atoms with Crippen molar-refractivity contribution >= 4 is 11.4 Å². The second kappa shape index (κ2) is 4.36. The Bertz CT molecular complexity index is 367. The van der Waals surface area contributed by atoms with Crippen molar-refractivity contribution in [2.45, 2.75) is 33.6 Å². The van der Waals surface area contributed by atoms with E-state index in [9.17, 15) is 0 Å². The fourth-order valence-electron chi connectivity index (χ4n) is 2.34. The van der Waals surface area contributed by atoms with Gasteiger partial charge in [0.05, 0.1) is 11.4 Å². The van der Waals surface area contributed by atoms with Crippen molar-refractivity contribution in [2.75, 3.05) is 23.7 Å². The number of hydrogen-bond donors (Lipinski definition) is 2. The van der Waals surface area contributed by atoms with Gasteiger partial charge in [0.1, 0.15) is 0 Å². The van der Waals surface area contributed by atoms with E-state index in [2.05, 4.69) is 49.6 Å². The van der Waals surface area contributed by atoms with Gasteiger partial charge in [-0.15, -0.1) is 0 Å². The zero-order chi connectivity index (χ0) is 11.6. The zero-order valence-corrected chi connectivity index (χ0v) is 10.6. The van der Waals surface area contributed by atoms with Crippen LogP contribution in [0.1, 0.15) is 32.3 Å². The Labute approximate surface area is 98.4 Å². The van der Waals surface area contributed by atoms with E-state index in [4.69, 9.17) is 0 Å². The van der Waals surface area contributed by atoms with E-state index in [1.165, 1.54) is 29.8 Å². The topological polar surface area (TPSA) is 24.1 Å². The first-order valence-electron chi connectivity index (χ1n) is 6.27. The molecule has 0 radical (unpaired) electrons. The van der Waals surface area contributed by atoms with Crippen LogP contribution in [-0.4, -0.2) is 13.1 Å². The summed E-state index contributed by atoms with van der Waals surface area (Å²) in [7, 11) is 0. The molecule has 0 saturated heterocycles. The lowest BCUT2D eigenvalue weighted by Gasteiger charge is -2.30. The Morgan fingerprint density at radius 1 is 1.06 bits per heavy atom. The third-order valence-corrected chi connectivity index (χ3v) is 3.98. The van der Waals surface area contributed by atoms with Gasteiger partial charge in [-0.3, -0.25) is 0 Å². The molecule has 1 aliphatic heterocycles. The van der Waals surface area contributed by atoms with E-state index in [1.54, 1.807) is 0 Å². The predicted molar refractivity (Wildman–Crippen MR) is 71.2 cm³/mol. The molecule has 0 unspecified atom stereocenters. The van der Waals surface area contributed by atoms with Crippen LogP contribution in [0.15, 0.2) is 18.2 Å². The highest BCUT2D eigenvalue weighted by atomic mass is 15.0. The maximum absolute atomic E-state index is 3.60. The molecule has 0 aromatic heterocycles. The van der Waals surface area contributed by atoms with Crippen molar-refractivity contribution in [3.8, 4) is 0 Å². The van der Waals surface area contributed by atoms with E-state index in [0.29, 0.717) is 5.41 Å². The van der Waals surface area contributed by atoms with Crippen molar-refractivity contribution in [3.63, 3.8) is 0 Å². The fraction of sp³-hybridized carbons (Fsp3) is 0.571. The van der Waals surface area contributed by atoms with Gasteiger partial charge in [-0.25, -0.2) is 0 Å². The molecule has 1 aromatic carbocycles. The predicted octanol–water partition coefficient (Wildman–Crippen LogP) is 3.64. The normalized spacial score (nSPS) is 17.9. The molecule has 2 nitrogen and oxygen atoms in total. The standard InChI is InChI=1S/C14H22N2/c1-4-14(5-2)9-15-12-7-6-11(3)8-13(12)16-10-14/h6-8,15-16H,4-5,9-10H2,1-3H3. The monoisotopic (exact) mass is 218 g/mol. The molecule has 0 bridgehead atoms. The number of rotatable bonds is 2. The number of hydrogen-bond acceptors (Lipinski definition) is 2. The Hall–Kier alpha value is -1.18. The largest absolute Gasteiger partial charge is 0.383 e. The van der Waals surface area contributed by atoms with Gasteiger partial charge in [0.25, 0.3) is 0 Å². The minimum Gasteiger partial charge on any atom is -0.383 e. The summed E-state index contributed by atoms with van der Waals surface area (Å²) in [6.07, 6.45) is 2.44. The number of anilines is 2. The lowest BCUT2D eigenvalue weighted by molar-refractivity contribution is 0.307. The highest BCUT2D eigenvalue weighted by Gasteiger charge is 2.28. The van der Waals surface area contributed by atoms with Gasteiger partial charge < -0.3 is 10.6 Å². The quantitative estimate of drug-likeness (QED) is 0.792. The summed E-state index contributed by atoms with van der Waals surface area (Å²) in [4.78, 5) is 0. The van der Waals surface area contributed by atoms with Gasteiger partial charge in [0, 0.05) is 18.5 Å². The Morgan fingerprint density at radius 2 is 1.69 bits per heavy atom. The average Bonchev–Trinajstić information content (AvgIpc) is 2.49. The second-order valence-corrected chi connectivity index (χ2v) is 4.96. The van der Waals surface area contributed by atoms with E-state index >= 15 is 0 Å².